The molecule has 1 N–H and O–H groups in total. The van der Waals surface area contributed by atoms with E-state index in [1.54, 1.807) is 26.0 Å². The summed E-state index contributed by atoms with van der Waals surface area (Å²) in [6.07, 6.45) is 3.13. The van der Waals surface area contributed by atoms with Gasteiger partial charge in [-0.25, -0.2) is 9.59 Å². The van der Waals surface area contributed by atoms with Crippen LogP contribution in [-0.4, -0.2) is 22.6 Å². The van der Waals surface area contributed by atoms with Crippen molar-refractivity contribution >= 4 is 11.9 Å². The van der Waals surface area contributed by atoms with Crippen molar-refractivity contribution in [2.75, 3.05) is 0 Å². The first-order valence-corrected chi connectivity index (χ1v) is 4.23. The highest BCUT2D eigenvalue weighted by atomic mass is 16.6. The Morgan fingerprint density at radius 3 is 2.64 bits per heavy atom. The van der Waals surface area contributed by atoms with Crippen LogP contribution in [0, 0.1) is 0 Å². The molecule has 0 spiro atoms. The van der Waals surface area contributed by atoms with Crippen molar-refractivity contribution in [2.45, 2.75) is 26.4 Å². The average Bonchev–Trinajstić information content (AvgIpc) is 2.11. The number of esters is 1. The van der Waals surface area contributed by atoms with Gasteiger partial charge in [0.25, 0.3) is 0 Å². The van der Waals surface area contributed by atoms with Crippen LogP contribution in [0.4, 0.5) is 0 Å². The molecule has 0 aromatic rings. The summed E-state index contributed by atoms with van der Waals surface area (Å²) >= 11 is 0. The number of ether oxygens (including phenoxy) is 1. The van der Waals surface area contributed by atoms with Gasteiger partial charge in [0.05, 0.1) is 5.57 Å². The van der Waals surface area contributed by atoms with E-state index in [2.05, 4.69) is 0 Å². The second-order valence-corrected chi connectivity index (χ2v) is 3.30. The third-order valence-electron chi connectivity index (χ3n) is 2.38. The van der Waals surface area contributed by atoms with Gasteiger partial charge in [0.2, 0.25) is 5.60 Å². The Hall–Kier alpha value is -1.58. The van der Waals surface area contributed by atoms with Gasteiger partial charge in [-0.1, -0.05) is 6.08 Å². The van der Waals surface area contributed by atoms with Crippen LogP contribution in [0.5, 0.6) is 0 Å². The smallest absolute Gasteiger partial charge is 0.352 e. The topological polar surface area (TPSA) is 63.6 Å². The number of carboxylic acids is 1. The zero-order chi connectivity index (χ0) is 10.9. The van der Waals surface area contributed by atoms with Crippen molar-refractivity contribution in [3.63, 3.8) is 0 Å². The van der Waals surface area contributed by atoms with E-state index in [-0.39, 0.29) is 0 Å². The number of aliphatic carboxylic acids is 1. The minimum Gasteiger partial charge on any atom is -0.478 e. The molecule has 14 heavy (non-hydrogen) atoms. The number of allylic oxidation sites excluding steroid dienone is 1. The molecule has 0 aromatic carbocycles. The van der Waals surface area contributed by atoms with Gasteiger partial charge in [0, 0.05) is 0 Å². The standard InChI is InChI=1S/C10H12O4/c1-4-7-5-6(2)10(3,9(12)13)14-8(7)11/h4-5H,1-3H3,(H,12,13)/b7-4+. The Bertz CT molecular complexity index is 351. The zero-order valence-electron chi connectivity index (χ0n) is 8.33. The van der Waals surface area contributed by atoms with Crippen molar-refractivity contribution in [3.05, 3.63) is 23.3 Å². The molecule has 4 nitrogen and oxygen atoms in total. The van der Waals surface area contributed by atoms with E-state index < -0.39 is 17.5 Å². The number of carbonyl (C=O) groups excluding carboxylic acids is 1. The van der Waals surface area contributed by atoms with Gasteiger partial charge in [-0.05, 0) is 32.4 Å². The van der Waals surface area contributed by atoms with Crippen LogP contribution in [0.2, 0.25) is 0 Å². The maximum Gasteiger partial charge on any atom is 0.352 e. The first-order valence-electron chi connectivity index (χ1n) is 4.23. The van der Waals surface area contributed by atoms with Crippen LogP contribution in [0.1, 0.15) is 20.8 Å². The van der Waals surface area contributed by atoms with E-state index in [1.165, 1.54) is 6.92 Å². The van der Waals surface area contributed by atoms with Gasteiger partial charge in [-0.3, -0.25) is 0 Å². The molecular weight excluding hydrogens is 184 g/mol. The maximum absolute atomic E-state index is 11.3. The normalized spacial score (nSPS) is 29.8. The number of carboxylic acid groups (broad SMARTS) is 1. The largest absolute Gasteiger partial charge is 0.478 e. The maximum atomic E-state index is 11.3. The van der Waals surface area contributed by atoms with Gasteiger partial charge in [-0.2, -0.15) is 0 Å². The lowest BCUT2D eigenvalue weighted by Gasteiger charge is -2.29. The number of hydrogen-bond acceptors (Lipinski definition) is 3. The fourth-order valence-electron chi connectivity index (χ4n) is 1.17. The van der Waals surface area contributed by atoms with Crippen LogP contribution in [0.15, 0.2) is 23.3 Å². The lowest BCUT2D eigenvalue weighted by Crippen LogP contribution is -2.44. The van der Waals surface area contributed by atoms with E-state index in [0.717, 1.165) is 0 Å². The predicted molar refractivity (Wildman–Crippen MR) is 49.6 cm³/mol. The molecular formula is C10H12O4. The van der Waals surface area contributed by atoms with Crippen LogP contribution in [-0.2, 0) is 14.3 Å². The second kappa shape index (κ2) is 3.29. The molecule has 0 radical (unpaired) electrons. The fraction of sp³-hybridized carbons (Fsp3) is 0.400. The van der Waals surface area contributed by atoms with E-state index in [4.69, 9.17) is 9.84 Å². The minimum atomic E-state index is -1.52. The van der Waals surface area contributed by atoms with Gasteiger partial charge < -0.3 is 9.84 Å². The zero-order valence-corrected chi connectivity index (χ0v) is 8.33. The lowest BCUT2D eigenvalue weighted by molar-refractivity contribution is -0.170. The highest BCUT2D eigenvalue weighted by Crippen LogP contribution is 2.28. The van der Waals surface area contributed by atoms with Crippen LogP contribution in [0.3, 0.4) is 0 Å². The SMILES string of the molecule is C/C=C1\C=C(C)C(C)(C(=O)O)OC1=O. The lowest BCUT2D eigenvalue weighted by atomic mass is 9.92. The molecule has 0 fully saturated rings. The van der Waals surface area contributed by atoms with E-state index in [0.29, 0.717) is 11.1 Å². The number of cyclic esters (lactones) is 1. The first kappa shape index (κ1) is 10.5. The molecule has 1 heterocycles. The number of rotatable bonds is 1. The molecule has 0 bridgehead atoms. The molecule has 0 aromatic heterocycles. The van der Waals surface area contributed by atoms with Gasteiger partial charge in [0.1, 0.15) is 0 Å². The summed E-state index contributed by atoms with van der Waals surface area (Å²) < 4.78 is 4.88. The Balaban J connectivity index is 3.20. The molecule has 1 aliphatic rings. The Morgan fingerprint density at radius 1 is 1.64 bits per heavy atom. The van der Waals surface area contributed by atoms with Crippen LogP contribution < -0.4 is 0 Å². The first-order chi connectivity index (χ1) is 6.41. The Labute approximate surface area is 81.9 Å². The van der Waals surface area contributed by atoms with Crippen LogP contribution in [0.25, 0.3) is 0 Å². The summed E-state index contributed by atoms with van der Waals surface area (Å²) in [5.74, 6) is -1.75. The summed E-state index contributed by atoms with van der Waals surface area (Å²) in [5.41, 5.74) is -0.622. The third-order valence-corrected chi connectivity index (χ3v) is 2.38. The summed E-state index contributed by atoms with van der Waals surface area (Å²) in [7, 11) is 0. The predicted octanol–water partition coefficient (Wildman–Crippen LogP) is 1.28. The average molecular weight is 196 g/mol. The number of hydrogen-bond donors (Lipinski definition) is 1. The summed E-state index contributed by atoms with van der Waals surface area (Å²) in [6.45, 7) is 4.69. The summed E-state index contributed by atoms with van der Waals surface area (Å²) in [6, 6.07) is 0. The molecule has 1 rings (SSSR count). The monoisotopic (exact) mass is 196 g/mol. The molecule has 1 atom stereocenters. The quantitative estimate of drug-likeness (QED) is 0.507. The Kier molecular flexibility index (Phi) is 2.47. The third kappa shape index (κ3) is 1.43. The molecule has 1 unspecified atom stereocenters. The molecule has 4 heteroatoms. The van der Waals surface area contributed by atoms with Gasteiger partial charge >= 0.3 is 11.9 Å². The van der Waals surface area contributed by atoms with Crippen LogP contribution >= 0.6 is 0 Å². The summed E-state index contributed by atoms with van der Waals surface area (Å²) in [4.78, 5) is 22.2. The van der Waals surface area contributed by atoms with E-state index in [9.17, 15) is 9.59 Å². The molecule has 0 saturated heterocycles. The summed E-state index contributed by atoms with van der Waals surface area (Å²) in [5, 5.41) is 8.91. The van der Waals surface area contributed by atoms with Crippen molar-refractivity contribution < 1.29 is 19.4 Å². The van der Waals surface area contributed by atoms with E-state index >= 15 is 0 Å². The van der Waals surface area contributed by atoms with Gasteiger partial charge in [-0.15, -0.1) is 0 Å². The fourth-order valence-corrected chi connectivity index (χ4v) is 1.17. The highest BCUT2D eigenvalue weighted by Gasteiger charge is 2.42. The molecule has 0 saturated carbocycles. The highest BCUT2D eigenvalue weighted by molar-refractivity contribution is 5.97. The Morgan fingerprint density at radius 2 is 2.21 bits per heavy atom. The molecule has 1 aliphatic heterocycles. The van der Waals surface area contributed by atoms with E-state index in [1.807, 2.05) is 0 Å². The van der Waals surface area contributed by atoms with Crippen molar-refractivity contribution in [3.8, 4) is 0 Å². The van der Waals surface area contributed by atoms with Crippen molar-refractivity contribution in [2.24, 2.45) is 0 Å². The van der Waals surface area contributed by atoms with Gasteiger partial charge in [0.15, 0.2) is 0 Å². The molecule has 0 aliphatic carbocycles. The van der Waals surface area contributed by atoms with Crippen molar-refractivity contribution in [1.29, 1.82) is 0 Å². The van der Waals surface area contributed by atoms with Crippen molar-refractivity contribution in [1.82, 2.24) is 0 Å². The second-order valence-electron chi connectivity index (χ2n) is 3.30. The molecule has 0 amide bonds. The minimum absolute atomic E-state index is 0.390. The molecule has 76 valence electrons. The number of carbonyl (C=O) groups is 2.